The number of benzene rings is 1. The maximum absolute atomic E-state index is 11.3. The van der Waals surface area contributed by atoms with E-state index in [0.29, 0.717) is 18.5 Å². The fourth-order valence-corrected chi connectivity index (χ4v) is 2.85. The molecule has 2 aromatic rings. The molecule has 3 N–H and O–H groups in total. The van der Waals surface area contributed by atoms with Crippen molar-refractivity contribution in [2.75, 3.05) is 6.61 Å². The molecule has 1 heterocycles. The van der Waals surface area contributed by atoms with Crippen molar-refractivity contribution in [1.82, 2.24) is 4.57 Å². The Hall–Kier alpha value is -1.85. The van der Waals surface area contributed by atoms with Crippen LogP contribution in [0.25, 0.3) is 10.9 Å². The van der Waals surface area contributed by atoms with E-state index >= 15 is 0 Å². The van der Waals surface area contributed by atoms with E-state index in [2.05, 4.69) is 6.92 Å². The second-order valence-corrected chi connectivity index (χ2v) is 5.63. The van der Waals surface area contributed by atoms with Crippen LogP contribution in [-0.2, 0) is 6.54 Å². The lowest BCUT2D eigenvalue weighted by Gasteiger charge is -2.14. The van der Waals surface area contributed by atoms with Crippen LogP contribution in [0.3, 0.4) is 0 Å². The van der Waals surface area contributed by atoms with Gasteiger partial charge in [-0.05, 0) is 37.1 Å². The second-order valence-electron chi connectivity index (χ2n) is 5.63. The summed E-state index contributed by atoms with van der Waals surface area (Å²) in [5.74, 6) is -0.968. The Bertz CT molecular complexity index is 675. The van der Waals surface area contributed by atoms with Gasteiger partial charge in [0.05, 0.1) is 18.3 Å². The molecule has 0 spiro atoms. The summed E-state index contributed by atoms with van der Waals surface area (Å²) in [4.78, 5) is 11.3. The van der Waals surface area contributed by atoms with Gasteiger partial charge < -0.3 is 19.9 Å². The molecule has 120 valence electrons. The van der Waals surface area contributed by atoms with Crippen molar-refractivity contribution in [2.24, 2.45) is 0 Å². The van der Waals surface area contributed by atoms with Gasteiger partial charge in [0.25, 0.3) is 0 Å². The van der Waals surface area contributed by atoms with E-state index in [0.717, 1.165) is 29.4 Å². The number of aryl methyl sites for hydroxylation is 1. The number of hydrogen-bond acceptors (Lipinski definition) is 3. The highest BCUT2D eigenvalue weighted by atomic mass is 16.4. The molecule has 0 fully saturated rings. The van der Waals surface area contributed by atoms with Crippen LogP contribution in [-0.4, -0.2) is 32.5 Å². The van der Waals surface area contributed by atoms with Crippen molar-refractivity contribution < 1.29 is 20.1 Å². The Morgan fingerprint density at radius 2 is 2.05 bits per heavy atom. The van der Waals surface area contributed by atoms with Crippen molar-refractivity contribution in [2.45, 2.75) is 45.8 Å². The van der Waals surface area contributed by atoms with Gasteiger partial charge in [0, 0.05) is 23.1 Å². The summed E-state index contributed by atoms with van der Waals surface area (Å²) in [5.41, 5.74) is 2.41. The quantitative estimate of drug-likeness (QED) is 0.734. The minimum absolute atomic E-state index is 0.0619. The van der Waals surface area contributed by atoms with E-state index in [1.807, 2.05) is 16.7 Å². The third kappa shape index (κ3) is 3.15. The number of nitrogens with zero attached hydrogens (tertiary/aromatic N) is 1. The van der Waals surface area contributed by atoms with Crippen LogP contribution in [0.4, 0.5) is 0 Å². The van der Waals surface area contributed by atoms with Gasteiger partial charge in [-0.15, -0.1) is 0 Å². The van der Waals surface area contributed by atoms with E-state index < -0.39 is 12.1 Å². The van der Waals surface area contributed by atoms with Crippen LogP contribution in [0.2, 0.25) is 0 Å². The van der Waals surface area contributed by atoms with E-state index in [9.17, 15) is 20.1 Å². The zero-order valence-electron chi connectivity index (χ0n) is 13.0. The molecule has 1 aromatic heterocycles. The fourth-order valence-electron chi connectivity index (χ4n) is 2.85. The standard InChI is InChI=1S/C17H23NO4/c1-3-4-5-16(20)15-9-12-8-11(2)13(17(21)22)10-14(12)18(15)6-7-19/h8-10,16,19-20H,3-7H2,1-2H3,(H,21,22). The first-order valence-electron chi connectivity index (χ1n) is 7.65. The highest BCUT2D eigenvalue weighted by Crippen LogP contribution is 2.29. The molecular formula is C17H23NO4. The zero-order chi connectivity index (χ0) is 16.3. The van der Waals surface area contributed by atoms with E-state index in [1.165, 1.54) is 0 Å². The average Bonchev–Trinajstić information content (AvgIpc) is 2.82. The second kappa shape index (κ2) is 6.94. The first-order chi connectivity index (χ1) is 10.5. The van der Waals surface area contributed by atoms with E-state index in [4.69, 9.17) is 0 Å². The molecule has 22 heavy (non-hydrogen) atoms. The molecule has 5 nitrogen and oxygen atoms in total. The molecule has 1 aromatic carbocycles. The minimum atomic E-state index is -0.968. The normalized spacial score (nSPS) is 12.7. The predicted octanol–water partition coefficient (Wildman–Crippen LogP) is 2.86. The molecule has 1 unspecified atom stereocenters. The van der Waals surface area contributed by atoms with Gasteiger partial charge in [0.1, 0.15) is 0 Å². The number of aromatic carboxylic acids is 1. The van der Waals surface area contributed by atoms with Crippen molar-refractivity contribution in [3.8, 4) is 0 Å². The Balaban J connectivity index is 2.57. The fraction of sp³-hybridized carbons (Fsp3) is 0.471. The van der Waals surface area contributed by atoms with Crippen molar-refractivity contribution in [1.29, 1.82) is 0 Å². The molecule has 0 saturated heterocycles. The first-order valence-corrected chi connectivity index (χ1v) is 7.65. The number of carboxylic acids is 1. The number of aromatic nitrogens is 1. The maximum Gasteiger partial charge on any atom is 0.336 e. The summed E-state index contributed by atoms with van der Waals surface area (Å²) in [6.07, 6.45) is 1.97. The van der Waals surface area contributed by atoms with Crippen molar-refractivity contribution in [3.63, 3.8) is 0 Å². The number of carbonyl (C=O) groups is 1. The lowest BCUT2D eigenvalue weighted by Crippen LogP contribution is -2.10. The summed E-state index contributed by atoms with van der Waals surface area (Å²) < 4.78 is 1.82. The largest absolute Gasteiger partial charge is 0.478 e. The average molecular weight is 305 g/mol. The molecule has 0 bridgehead atoms. The molecule has 0 radical (unpaired) electrons. The van der Waals surface area contributed by atoms with Crippen molar-refractivity contribution in [3.05, 3.63) is 35.0 Å². The van der Waals surface area contributed by atoms with Gasteiger partial charge in [0.15, 0.2) is 0 Å². The van der Waals surface area contributed by atoms with Gasteiger partial charge >= 0.3 is 5.97 Å². The van der Waals surface area contributed by atoms with Gasteiger partial charge in [-0.2, -0.15) is 0 Å². The summed E-state index contributed by atoms with van der Waals surface area (Å²) in [6, 6.07) is 5.34. The third-order valence-electron chi connectivity index (χ3n) is 4.01. The highest BCUT2D eigenvalue weighted by molar-refractivity contribution is 5.95. The number of hydrogen-bond donors (Lipinski definition) is 3. The van der Waals surface area contributed by atoms with Crippen LogP contribution in [0.5, 0.6) is 0 Å². The van der Waals surface area contributed by atoms with Crippen molar-refractivity contribution >= 4 is 16.9 Å². The Morgan fingerprint density at radius 3 is 2.64 bits per heavy atom. The van der Waals surface area contributed by atoms with Gasteiger partial charge in [-0.3, -0.25) is 0 Å². The molecule has 5 heteroatoms. The van der Waals surface area contributed by atoms with Crippen LogP contribution in [0.15, 0.2) is 18.2 Å². The topological polar surface area (TPSA) is 82.7 Å². The monoisotopic (exact) mass is 305 g/mol. The predicted molar refractivity (Wildman–Crippen MR) is 85.2 cm³/mol. The third-order valence-corrected chi connectivity index (χ3v) is 4.01. The Labute approximate surface area is 129 Å². The molecule has 0 aliphatic rings. The van der Waals surface area contributed by atoms with Crippen LogP contribution < -0.4 is 0 Å². The zero-order valence-corrected chi connectivity index (χ0v) is 13.0. The lowest BCUT2D eigenvalue weighted by atomic mass is 10.1. The smallest absolute Gasteiger partial charge is 0.336 e. The minimum Gasteiger partial charge on any atom is -0.478 e. The molecule has 0 aliphatic heterocycles. The molecule has 0 saturated carbocycles. The lowest BCUT2D eigenvalue weighted by molar-refractivity contribution is 0.0696. The number of carboxylic acid groups (broad SMARTS) is 1. The molecule has 1 atom stereocenters. The van der Waals surface area contributed by atoms with Crippen LogP contribution >= 0.6 is 0 Å². The van der Waals surface area contributed by atoms with E-state index in [-0.39, 0.29) is 12.2 Å². The number of unbranched alkanes of at least 4 members (excludes halogenated alkanes) is 1. The van der Waals surface area contributed by atoms with Gasteiger partial charge in [0.2, 0.25) is 0 Å². The maximum atomic E-state index is 11.3. The molecular weight excluding hydrogens is 282 g/mol. The first kappa shape index (κ1) is 16.5. The number of fused-ring (bicyclic) bond motifs is 1. The molecule has 0 amide bonds. The van der Waals surface area contributed by atoms with Gasteiger partial charge in [-0.1, -0.05) is 19.8 Å². The number of rotatable bonds is 7. The summed E-state index contributed by atoms with van der Waals surface area (Å²) in [6.45, 7) is 4.11. The van der Waals surface area contributed by atoms with Crippen LogP contribution in [0.1, 0.15) is 53.9 Å². The highest BCUT2D eigenvalue weighted by Gasteiger charge is 2.18. The van der Waals surface area contributed by atoms with Crippen LogP contribution in [0, 0.1) is 6.92 Å². The molecule has 2 rings (SSSR count). The Morgan fingerprint density at radius 1 is 1.32 bits per heavy atom. The number of aliphatic hydroxyl groups is 2. The number of aliphatic hydroxyl groups excluding tert-OH is 2. The summed E-state index contributed by atoms with van der Waals surface area (Å²) in [5, 5.41) is 29.8. The van der Waals surface area contributed by atoms with Gasteiger partial charge in [-0.25, -0.2) is 4.79 Å². The summed E-state index contributed by atoms with van der Waals surface area (Å²) >= 11 is 0. The molecule has 0 aliphatic carbocycles. The van der Waals surface area contributed by atoms with E-state index in [1.54, 1.807) is 13.0 Å². The SMILES string of the molecule is CCCCC(O)c1cc2cc(C)c(C(=O)O)cc2n1CCO. The Kier molecular flexibility index (Phi) is 5.21. The summed E-state index contributed by atoms with van der Waals surface area (Å²) in [7, 11) is 0.